The molecule has 0 spiro atoms. The summed E-state index contributed by atoms with van der Waals surface area (Å²) in [5.74, 6) is 0.542. The SMILES string of the molecule is C#CCN(CCc1ccccc1F)CC(O)(Cn1cncn1)c1ccc(F)cc1F. The Morgan fingerprint density at radius 2 is 1.93 bits per heavy atom. The lowest BCUT2D eigenvalue weighted by molar-refractivity contribution is -0.0185. The zero-order chi connectivity index (χ0) is 21.6. The van der Waals surface area contributed by atoms with E-state index in [9.17, 15) is 18.3 Å². The molecule has 2 aromatic carbocycles. The second kappa shape index (κ2) is 9.57. The fourth-order valence-electron chi connectivity index (χ4n) is 3.36. The van der Waals surface area contributed by atoms with Crippen molar-refractivity contribution in [3.63, 3.8) is 0 Å². The van der Waals surface area contributed by atoms with E-state index in [1.54, 1.807) is 23.1 Å². The monoisotopic (exact) mass is 414 g/mol. The molecular weight excluding hydrogens is 393 g/mol. The van der Waals surface area contributed by atoms with Gasteiger partial charge in [-0.05, 0) is 24.1 Å². The lowest BCUT2D eigenvalue weighted by atomic mass is 9.92. The maximum absolute atomic E-state index is 14.6. The van der Waals surface area contributed by atoms with Gasteiger partial charge in [-0.3, -0.25) is 4.90 Å². The van der Waals surface area contributed by atoms with E-state index in [-0.39, 0.29) is 31.0 Å². The topological polar surface area (TPSA) is 54.2 Å². The normalized spacial score (nSPS) is 13.2. The maximum atomic E-state index is 14.6. The van der Waals surface area contributed by atoms with Crippen molar-refractivity contribution in [1.82, 2.24) is 19.7 Å². The summed E-state index contributed by atoms with van der Waals surface area (Å²) < 4.78 is 43.3. The van der Waals surface area contributed by atoms with E-state index in [1.807, 2.05) is 0 Å². The highest BCUT2D eigenvalue weighted by Gasteiger charge is 2.35. The first-order valence-electron chi connectivity index (χ1n) is 9.31. The molecule has 0 radical (unpaired) electrons. The van der Waals surface area contributed by atoms with Crippen LogP contribution in [-0.4, -0.2) is 44.4 Å². The molecule has 3 aromatic rings. The van der Waals surface area contributed by atoms with Gasteiger partial charge in [0.15, 0.2) is 0 Å². The third kappa shape index (κ3) is 5.26. The van der Waals surface area contributed by atoms with Crippen LogP contribution >= 0.6 is 0 Å². The molecule has 1 N–H and O–H groups in total. The van der Waals surface area contributed by atoms with E-state index in [0.717, 1.165) is 6.07 Å². The summed E-state index contributed by atoms with van der Waals surface area (Å²) in [5.41, 5.74) is -1.36. The van der Waals surface area contributed by atoms with Gasteiger partial charge < -0.3 is 5.11 Å². The van der Waals surface area contributed by atoms with Crippen LogP contribution in [0.4, 0.5) is 13.2 Å². The Morgan fingerprint density at radius 3 is 2.60 bits per heavy atom. The van der Waals surface area contributed by atoms with Crippen molar-refractivity contribution in [2.24, 2.45) is 0 Å². The van der Waals surface area contributed by atoms with Crippen LogP contribution in [0.2, 0.25) is 0 Å². The number of benzene rings is 2. The molecule has 0 bridgehead atoms. The summed E-state index contributed by atoms with van der Waals surface area (Å²) in [6.45, 7) is 0.273. The third-order valence-electron chi connectivity index (χ3n) is 4.78. The Bertz CT molecular complexity index is 1020. The number of aromatic nitrogens is 3. The second-order valence-corrected chi connectivity index (χ2v) is 7.01. The summed E-state index contributed by atoms with van der Waals surface area (Å²) in [6, 6.07) is 9.38. The average Bonchev–Trinajstić information content (AvgIpc) is 3.20. The van der Waals surface area contributed by atoms with Crippen LogP contribution in [0.25, 0.3) is 0 Å². The number of aliphatic hydroxyl groups is 1. The molecular formula is C22H21F3N4O. The Balaban J connectivity index is 1.87. The van der Waals surface area contributed by atoms with Gasteiger partial charge in [-0.15, -0.1) is 6.42 Å². The van der Waals surface area contributed by atoms with Gasteiger partial charge in [0.1, 0.15) is 35.7 Å². The van der Waals surface area contributed by atoms with Gasteiger partial charge in [0.05, 0.1) is 13.1 Å². The average molecular weight is 414 g/mol. The van der Waals surface area contributed by atoms with E-state index in [1.165, 1.54) is 29.5 Å². The van der Waals surface area contributed by atoms with Crippen molar-refractivity contribution in [3.05, 3.63) is 83.7 Å². The lowest BCUT2D eigenvalue weighted by Crippen LogP contribution is -2.45. The molecule has 5 nitrogen and oxygen atoms in total. The summed E-state index contributed by atoms with van der Waals surface area (Å²) in [5, 5.41) is 15.4. The van der Waals surface area contributed by atoms with Gasteiger partial charge in [-0.25, -0.2) is 22.8 Å². The molecule has 0 saturated heterocycles. The van der Waals surface area contributed by atoms with Crippen molar-refractivity contribution in [1.29, 1.82) is 0 Å². The molecule has 1 unspecified atom stereocenters. The predicted octanol–water partition coefficient (Wildman–Crippen LogP) is 2.76. The largest absolute Gasteiger partial charge is 0.382 e. The van der Waals surface area contributed by atoms with Gasteiger partial charge in [0, 0.05) is 24.7 Å². The highest BCUT2D eigenvalue weighted by Crippen LogP contribution is 2.28. The Kier molecular flexibility index (Phi) is 6.87. The third-order valence-corrected chi connectivity index (χ3v) is 4.78. The number of nitrogens with zero attached hydrogens (tertiary/aromatic N) is 4. The van der Waals surface area contributed by atoms with Crippen molar-refractivity contribution < 1.29 is 18.3 Å². The second-order valence-electron chi connectivity index (χ2n) is 7.01. The van der Waals surface area contributed by atoms with Gasteiger partial charge in [0.2, 0.25) is 0 Å². The summed E-state index contributed by atoms with van der Waals surface area (Å²) in [4.78, 5) is 5.55. The van der Waals surface area contributed by atoms with Crippen molar-refractivity contribution >= 4 is 0 Å². The number of rotatable bonds is 9. The number of hydrogen-bond donors (Lipinski definition) is 1. The standard InChI is InChI=1S/C22H21F3N4O/c1-2-10-28(11-9-17-5-3-4-6-20(17)24)13-22(30,14-29-16-26-15-27-29)19-8-7-18(23)12-21(19)25/h1,3-8,12,15-16,30H,9-11,13-14H2. The van der Waals surface area contributed by atoms with Crippen LogP contribution < -0.4 is 0 Å². The molecule has 1 heterocycles. The minimum absolute atomic E-state index is 0.0753. The maximum Gasteiger partial charge on any atom is 0.137 e. The van der Waals surface area contributed by atoms with E-state index >= 15 is 0 Å². The number of hydrogen-bond acceptors (Lipinski definition) is 4. The minimum atomic E-state index is -1.78. The Morgan fingerprint density at radius 1 is 1.13 bits per heavy atom. The summed E-state index contributed by atoms with van der Waals surface area (Å²) in [7, 11) is 0. The number of halogens is 3. The predicted molar refractivity (Wildman–Crippen MR) is 106 cm³/mol. The Hall–Kier alpha value is -3.15. The molecule has 0 aliphatic rings. The molecule has 0 aliphatic carbocycles. The highest BCUT2D eigenvalue weighted by molar-refractivity contribution is 5.26. The van der Waals surface area contributed by atoms with E-state index in [2.05, 4.69) is 16.0 Å². The molecule has 0 amide bonds. The van der Waals surface area contributed by atoms with Crippen LogP contribution in [0.3, 0.4) is 0 Å². The lowest BCUT2D eigenvalue weighted by Gasteiger charge is -2.34. The van der Waals surface area contributed by atoms with E-state index in [0.29, 0.717) is 24.6 Å². The zero-order valence-electron chi connectivity index (χ0n) is 16.2. The van der Waals surface area contributed by atoms with Crippen LogP contribution in [0.5, 0.6) is 0 Å². The van der Waals surface area contributed by atoms with Crippen LogP contribution in [0.1, 0.15) is 11.1 Å². The van der Waals surface area contributed by atoms with Gasteiger partial charge >= 0.3 is 0 Å². The highest BCUT2D eigenvalue weighted by atomic mass is 19.1. The van der Waals surface area contributed by atoms with Crippen molar-refractivity contribution in [2.45, 2.75) is 18.6 Å². The summed E-state index contributed by atoms with van der Waals surface area (Å²) in [6.07, 6.45) is 8.50. The van der Waals surface area contributed by atoms with Gasteiger partial charge in [0.25, 0.3) is 0 Å². The number of terminal acetylenes is 1. The fraction of sp³-hybridized carbons (Fsp3) is 0.273. The Labute approximate surface area is 172 Å². The van der Waals surface area contributed by atoms with E-state index < -0.39 is 17.2 Å². The molecule has 8 heteroatoms. The molecule has 1 aromatic heterocycles. The molecule has 30 heavy (non-hydrogen) atoms. The van der Waals surface area contributed by atoms with Crippen LogP contribution in [0, 0.1) is 29.8 Å². The fourth-order valence-corrected chi connectivity index (χ4v) is 3.36. The molecule has 0 aliphatic heterocycles. The molecule has 1 atom stereocenters. The molecule has 156 valence electrons. The van der Waals surface area contributed by atoms with Crippen molar-refractivity contribution in [3.8, 4) is 12.3 Å². The zero-order valence-corrected chi connectivity index (χ0v) is 16.2. The quantitative estimate of drug-likeness (QED) is 0.547. The first-order valence-corrected chi connectivity index (χ1v) is 9.31. The molecule has 0 fully saturated rings. The smallest absolute Gasteiger partial charge is 0.137 e. The van der Waals surface area contributed by atoms with Crippen LogP contribution in [-0.2, 0) is 18.6 Å². The van der Waals surface area contributed by atoms with Gasteiger partial charge in [-0.1, -0.05) is 30.2 Å². The van der Waals surface area contributed by atoms with Gasteiger partial charge in [-0.2, -0.15) is 5.10 Å². The first-order chi connectivity index (χ1) is 14.4. The van der Waals surface area contributed by atoms with Crippen molar-refractivity contribution in [2.75, 3.05) is 19.6 Å². The minimum Gasteiger partial charge on any atom is -0.382 e. The first kappa shape index (κ1) is 21.6. The van der Waals surface area contributed by atoms with E-state index in [4.69, 9.17) is 6.42 Å². The molecule has 3 rings (SSSR count). The summed E-state index contributed by atoms with van der Waals surface area (Å²) >= 11 is 0. The molecule has 0 saturated carbocycles. The van der Waals surface area contributed by atoms with Crippen LogP contribution in [0.15, 0.2) is 55.1 Å².